The molecule has 0 atom stereocenters. The lowest BCUT2D eigenvalue weighted by Gasteiger charge is -2.14. The van der Waals surface area contributed by atoms with Crippen LogP contribution in [-0.2, 0) is 45.5 Å². The van der Waals surface area contributed by atoms with Crippen molar-refractivity contribution in [1.29, 1.82) is 0 Å². The minimum Gasteiger partial charge on any atom is -0.493 e. The van der Waals surface area contributed by atoms with Crippen molar-refractivity contribution in [2.45, 2.75) is 58.5 Å². The molecule has 3 aromatic rings. The van der Waals surface area contributed by atoms with Crippen LogP contribution >= 0.6 is 0 Å². The first-order chi connectivity index (χ1) is 19.2. The van der Waals surface area contributed by atoms with E-state index in [1.54, 1.807) is 24.3 Å². The molecule has 0 amide bonds. The Morgan fingerprint density at radius 1 is 0.800 bits per heavy atom. The van der Waals surface area contributed by atoms with Crippen LogP contribution in [0.15, 0.2) is 60.7 Å². The SMILES string of the molecule is CCCCS(=O)(=O)Oc1ccc(CCCc2ccc(CCC(=O)OC)cc2OCc2ccc(F)cc2)cc1OC. The molecule has 0 bridgehead atoms. The van der Waals surface area contributed by atoms with Gasteiger partial charge >= 0.3 is 16.1 Å². The number of aryl methyl sites for hydroxylation is 3. The van der Waals surface area contributed by atoms with E-state index in [-0.39, 0.29) is 36.3 Å². The quantitative estimate of drug-likeness (QED) is 0.149. The van der Waals surface area contributed by atoms with Gasteiger partial charge in [-0.2, -0.15) is 8.42 Å². The monoisotopic (exact) mass is 572 g/mol. The van der Waals surface area contributed by atoms with E-state index in [4.69, 9.17) is 18.4 Å². The van der Waals surface area contributed by atoms with Gasteiger partial charge in [0.1, 0.15) is 18.2 Å². The summed E-state index contributed by atoms with van der Waals surface area (Å²) in [5.74, 6) is 0.649. The van der Waals surface area contributed by atoms with Gasteiger partial charge in [-0.25, -0.2) is 4.39 Å². The first kappa shape index (κ1) is 30.9. The maximum Gasteiger partial charge on any atom is 0.309 e. The summed E-state index contributed by atoms with van der Waals surface area (Å²) >= 11 is 0. The van der Waals surface area contributed by atoms with E-state index in [9.17, 15) is 17.6 Å². The highest BCUT2D eigenvalue weighted by Gasteiger charge is 2.16. The molecule has 0 aliphatic heterocycles. The van der Waals surface area contributed by atoms with Crippen LogP contribution in [0.1, 0.15) is 54.9 Å². The van der Waals surface area contributed by atoms with Crippen LogP contribution < -0.4 is 13.7 Å². The van der Waals surface area contributed by atoms with Gasteiger partial charge in [0, 0.05) is 6.42 Å². The van der Waals surface area contributed by atoms with Gasteiger partial charge in [-0.05, 0) is 84.7 Å². The number of carbonyl (C=O) groups is 1. The Labute approximate surface area is 236 Å². The van der Waals surface area contributed by atoms with Gasteiger partial charge in [0.05, 0.1) is 20.0 Å². The van der Waals surface area contributed by atoms with Gasteiger partial charge in [-0.15, -0.1) is 0 Å². The van der Waals surface area contributed by atoms with Gasteiger partial charge in [0.2, 0.25) is 0 Å². The third kappa shape index (κ3) is 9.86. The Kier molecular flexibility index (Phi) is 11.8. The van der Waals surface area contributed by atoms with Crippen molar-refractivity contribution in [2.24, 2.45) is 0 Å². The van der Waals surface area contributed by atoms with Crippen LogP contribution in [-0.4, -0.2) is 34.4 Å². The smallest absolute Gasteiger partial charge is 0.309 e. The van der Waals surface area contributed by atoms with Crippen LogP contribution in [0.2, 0.25) is 0 Å². The number of rotatable bonds is 16. The Morgan fingerprint density at radius 3 is 2.17 bits per heavy atom. The molecule has 9 heteroatoms. The molecule has 0 saturated carbocycles. The molecular weight excluding hydrogens is 535 g/mol. The number of unbranched alkanes of at least 4 members (excludes halogenated alkanes) is 1. The topological polar surface area (TPSA) is 88.1 Å². The Morgan fingerprint density at radius 2 is 1.48 bits per heavy atom. The van der Waals surface area contributed by atoms with E-state index in [0.717, 1.165) is 47.9 Å². The summed E-state index contributed by atoms with van der Waals surface area (Å²) in [7, 11) is -0.827. The van der Waals surface area contributed by atoms with Crippen molar-refractivity contribution in [3.8, 4) is 17.2 Å². The lowest BCUT2D eigenvalue weighted by Crippen LogP contribution is -2.14. The number of halogens is 1. The fourth-order valence-corrected chi connectivity index (χ4v) is 5.24. The third-order valence-corrected chi connectivity index (χ3v) is 7.61. The van der Waals surface area contributed by atoms with Crippen LogP contribution in [0.3, 0.4) is 0 Å². The number of benzene rings is 3. The van der Waals surface area contributed by atoms with Crippen LogP contribution in [0.4, 0.5) is 4.39 Å². The summed E-state index contributed by atoms with van der Waals surface area (Å²) in [6, 6.07) is 17.4. The summed E-state index contributed by atoms with van der Waals surface area (Å²) in [4.78, 5) is 11.6. The van der Waals surface area contributed by atoms with Gasteiger partial charge in [0.15, 0.2) is 11.5 Å². The largest absolute Gasteiger partial charge is 0.493 e. The Balaban J connectivity index is 1.68. The van der Waals surface area contributed by atoms with Crippen LogP contribution in [0.5, 0.6) is 17.2 Å². The highest BCUT2D eigenvalue weighted by atomic mass is 32.2. The lowest BCUT2D eigenvalue weighted by atomic mass is 10.0. The normalized spacial score (nSPS) is 11.2. The second-order valence-corrected chi connectivity index (χ2v) is 11.2. The van der Waals surface area contributed by atoms with Crippen molar-refractivity contribution in [3.63, 3.8) is 0 Å². The van der Waals surface area contributed by atoms with Crippen molar-refractivity contribution in [3.05, 3.63) is 88.7 Å². The fourth-order valence-electron chi connectivity index (χ4n) is 4.10. The summed E-state index contributed by atoms with van der Waals surface area (Å²) in [6.07, 6.45) is 4.34. The van der Waals surface area contributed by atoms with Crippen molar-refractivity contribution >= 4 is 16.1 Å². The molecule has 3 rings (SSSR count). The molecule has 216 valence electrons. The Hall–Kier alpha value is -3.59. The summed E-state index contributed by atoms with van der Waals surface area (Å²) in [5, 5.41) is 0. The maximum atomic E-state index is 13.3. The molecule has 40 heavy (non-hydrogen) atoms. The van der Waals surface area contributed by atoms with E-state index >= 15 is 0 Å². The van der Waals surface area contributed by atoms with E-state index in [1.807, 2.05) is 31.2 Å². The van der Waals surface area contributed by atoms with Gasteiger partial charge in [0.25, 0.3) is 0 Å². The maximum absolute atomic E-state index is 13.3. The van der Waals surface area contributed by atoms with Crippen LogP contribution in [0.25, 0.3) is 0 Å². The van der Waals surface area contributed by atoms with Gasteiger partial charge in [-0.1, -0.05) is 43.7 Å². The molecular formula is C31H37FO7S. The summed E-state index contributed by atoms with van der Waals surface area (Å²) < 4.78 is 59.3. The van der Waals surface area contributed by atoms with Crippen molar-refractivity contribution in [2.75, 3.05) is 20.0 Å². The molecule has 0 N–H and O–H groups in total. The first-order valence-corrected chi connectivity index (χ1v) is 15.0. The predicted octanol–water partition coefficient (Wildman–Crippen LogP) is 6.20. The molecule has 0 heterocycles. The highest BCUT2D eigenvalue weighted by molar-refractivity contribution is 7.87. The second kappa shape index (κ2) is 15.3. The van der Waals surface area contributed by atoms with E-state index in [1.165, 1.54) is 26.4 Å². The van der Waals surface area contributed by atoms with Crippen molar-refractivity contribution < 1.29 is 36.0 Å². The zero-order chi connectivity index (χ0) is 29.0. The molecule has 0 saturated heterocycles. The zero-order valence-electron chi connectivity index (χ0n) is 23.3. The predicted molar refractivity (Wildman–Crippen MR) is 152 cm³/mol. The van der Waals surface area contributed by atoms with Gasteiger partial charge < -0.3 is 18.4 Å². The van der Waals surface area contributed by atoms with Crippen LogP contribution in [0, 0.1) is 5.82 Å². The number of esters is 1. The first-order valence-electron chi connectivity index (χ1n) is 13.4. The van der Waals surface area contributed by atoms with Crippen molar-refractivity contribution in [1.82, 2.24) is 0 Å². The molecule has 7 nitrogen and oxygen atoms in total. The number of ether oxygens (including phenoxy) is 3. The minimum atomic E-state index is -3.68. The molecule has 3 aromatic carbocycles. The average Bonchev–Trinajstić information content (AvgIpc) is 2.95. The molecule has 0 aliphatic carbocycles. The molecule has 0 radical (unpaired) electrons. The molecule has 0 fully saturated rings. The fraction of sp³-hybridized carbons (Fsp3) is 0.387. The number of hydrogen-bond donors (Lipinski definition) is 0. The molecule has 0 spiro atoms. The standard InChI is InChI=1S/C31H37FO7S/c1-4-5-19-40(34,35)39-28-17-12-23(21-30(28)36-2)7-6-8-26-14-9-24(13-18-31(33)37-3)20-29(26)38-22-25-10-15-27(32)16-11-25/h9-12,14-17,20-21H,4-8,13,18-19,22H2,1-3H3. The zero-order valence-corrected chi connectivity index (χ0v) is 24.1. The number of carbonyl (C=O) groups excluding carboxylic acids is 1. The van der Waals surface area contributed by atoms with E-state index in [2.05, 4.69) is 0 Å². The number of methoxy groups -OCH3 is 2. The van der Waals surface area contributed by atoms with E-state index in [0.29, 0.717) is 24.3 Å². The molecule has 0 aromatic heterocycles. The van der Waals surface area contributed by atoms with E-state index < -0.39 is 10.1 Å². The third-order valence-electron chi connectivity index (χ3n) is 6.39. The molecule has 0 unspecified atom stereocenters. The average molecular weight is 573 g/mol. The minimum absolute atomic E-state index is 0.0402. The summed E-state index contributed by atoms with van der Waals surface area (Å²) in [5.41, 5.74) is 3.80. The van der Waals surface area contributed by atoms with Gasteiger partial charge in [-0.3, -0.25) is 4.79 Å². The highest BCUT2D eigenvalue weighted by Crippen LogP contribution is 2.31. The Bertz CT molecular complexity index is 1350. The molecule has 0 aliphatic rings. The number of hydrogen-bond acceptors (Lipinski definition) is 7. The summed E-state index contributed by atoms with van der Waals surface area (Å²) in [6.45, 7) is 2.21. The second-order valence-electron chi connectivity index (χ2n) is 9.47. The lowest BCUT2D eigenvalue weighted by molar-refractivity contribution is -0.140.